The Morgan fingerprint density at radius 2 is 1.46 bits per heavy atom. The van der Waals surface area contributed by atoms with Crippen LogP contribution in [-0.4, -0.2) is 29.5 Å². The Labute approximate surface area is 222 Å². The minimum Gasteiger partial charge on any atom is -0.435 e. The number of hydrogen-bond acceptors (Lipinski definition) is 4. The Bertz CT molecular complexity index is 854. The number of carbonyl (C=O) groups is 1. The van der Waals surface area contributed by atoms with E-state index >= 15 is 0 Å². The molecule has 4 N–H and O–H groups in total. The molecule has 0 amide bonds. The molecule has 214 valence electrons. The normalized spacial score (nSPS) is 10.2. The molecule has 0 aliphatic carbocycles. The summed E-state index contributed by atoms with van der Waals surface area (Å²) in [5.41, 5.74) is 7.23. The topological polar surface area (TPSA) is 88.3 Å². The summed E-state index contributed by atoms with van der Waals surface area (Å²) in [5.74, 6) is 0.212. The van der Waals surface area contributed by atoms with E-state index in [-0.39, 0.29) is 29.2 Å². The van der Waals surface area contributed by atoms with E-state index in [1.54, 1.807) is 32.9 Å². The van der Waals surface area contributed by atoms with Gasteiger partial charge in [0.15, 0.2) is 0 Å². The van der Waals surface area contributed by atoms with Crippen LogP contribution in [0.3, 0.4) is 0 Å². The van der Waals surface area contributed by atoms with Crippen LogP contribution in [0.25, 0.3) is 0 Å². The maximum atomic E-state index is 12.7. The Balaban J connectivity index is -0.000000573. The van der Waals surface area contributed by atoms with E-state index < -0.39 is 12.2 Å². The van der Waals surface area contributed by atoms with E-state index in [0.717, 1.165) is 16.7 Å². The molecule has 0 aliphatic rings. The average molecular weight is 531 g/mol. The van der Waals surface area contributed by atoms with Gasteiger partial charge >= 0.3 is 6.61 Å². The second kappa shape index (κ2) is 19.5. The summed E-state index contributed by atoms with van der Waals surface area (Å²) in [6, 6.07) is 4.57. The number of carbonyl (C=O) groups excluding carboxylic acids is 1. The first-order chi connectivity index (χ1) is 17.1. The molecule has 1 aromatic heterocycles. The molecule has 0 spiro atoms. The van der Waals surface area contributed by atoms with Gasteiger partial charge in [-0.25, -0.2) is 4.39 Å². The first kappa shape index (κ1) is 38.9. The standard InChI is InChI=1S/C16H22F2O2.C8H12FNO.C2H6.C2H4.CH5N/c1-9(2)13-7-12(20-16(17)18)8-14(10(3)4)15(13)6-11(5)19;1-5-6(9)4-7(10-5)8(2,3)11;3*1-2/h7-10,16H,6H2,1-5H3;4,10-11H,1-3H3;1-2H3;1-2H2;2H2,1H3. The Hall–Kier alpha value is -2.58. The Kier molecular flexibility index (Phi) is 20.5. The number of ketones is 1. The van der Waals surface area contributed by atoms with Crippen LogP contribution in [0.15, 0.2) is 31.4 Å². The second-order valence-corrected chi connectivity index (χ2v) is 8.86. The van der Waals surface area contributed by atoms with Crippen LogP contribution in [0.5, 0.6) is 5.75 Å². The predicted molar refractivity (Wildman–Crippen MR) is 149 cm³/mol. The number of aromatic nitrogens is 1. The van der Waals surface area contributed by atoms with Crippen molar-refractivity contribution in [3.8, 4) is 5.75 Å². The SMILES string of the molecule is C=C.CC.CC(=O)Cc1c(C(C)C)cc(OC(F)F)cc1C(C)C.CN.Cc1[nH]c(C(C)(C)O)cc1F. The smallest absolute Gasteiger partial charge is 0.387 e. The second-order valence-electron chi connectivity index (χ2n) is 8.86. The molecular formula is C29H49F3N2O3. The number of H-pyrrole nitrogens is 1. The fourth-order valence-corrected chi connectivity index (χ4v) is 3.21. The first-order valence-electron chi connectivity index (χ1n) is 12.4. The number of ether oxygens (including phenoxy) is 1. The van der Waals surface area contributed by atoms with Gasteiger partial charge in [-0.05, 0) is 81.5 Å². The number of nitrogens with one attached hydrogen (secondary N) is 1. The van der Waals surface area contributed by atoms with E-state index in [0.29, 0.717) is 17.8 Å². The van der Waals surface area contributed by atoms with Gasteiger partial charge in [0.1, 0.15) is 17.3 Å². The number of halogens is 3. The number of aromatic amines is 1. The number of rotatable bonds is 7. The lowest BCUT2D eigenvalue weighted by Gasteiger charge is -2.21. The average Bonchev–Trinajstić information content (AvgIpc) is 3.17. The van der Waals surface area contributed by atoms with Gasteiger partial charge in [-0.1, -0.05) is 41.5 Å². The third kappa shape index (κ3) is 14.7. The summed E-state index contributed by atoms with van der Waals surface area (Å²) in [6.07, 6.45) is 0.329. The minimum absolute atomic E-state index is 0.0660. The van der Waals surface area contributed by atoms with Crippen molar-refractivity contribution in [3.05, 3.63) is 65.3 Å². The van der Waals surface area contributed by atoms with Gasteiger partial charge in [0.05, 0.1) is 5.60 Å². The molecule has 2 rings (SSSR count). The molecule has 0 bridgehead atoms. The Morgan fingerprint density at radius 1 is 1.05 bits per heavy atom. The number of hydrogen-bond donors (Lipinski definition) is 3. The molecule has 0 radical (unpaired) electrons. The quantitative estimate of drug-likeness (QED) is 0.319. The van der Waals surface area contributed by atoms with E-state index in [4.69, 9.17) is 0 Å². The summed E-state index contributed by atoms with van der Waals surface area (Å²) in [6.45, 7) is 21.5. The molecule has 0 unspecified atom stereocenters. The zero-order valence-corrected chi connectivity index (χ0v) is 24.6. The highest BCUT2D eigenvalue weighted by Gasteiger charge is 2.20. The number of aliphatic hydroxyl groups is 1. The molecule has 0 saturated heterocycles. The van der Waals surface area contributed by atoms with Gasteiger partial charge in [0.2, 0.25) is 0 Å². The van der Waals surface area contributed by atoms with Crippen molar-refractivity contribution in [3.63, 3.8) is 0 Å². The molecule has 2 aromatic rings. The molecule has 5 nitrogen and oxygen atoms in total. The van der Waals surface area contributed by atoms with Crippen molar-refractivity contribution in [2.75, 3.05) is 7.05 Å². The lowest BCUT2D eigenvalue weighted by molar-refractivity contribution is -0.116. The fraction of sp³-hybridized carbons (Fsp3) is 0.552. The van der Waals surface area contributed by atoms with E-state index in [1.807, 2.05) is 41.5 Å². The van der Waals surface area contributed by atoms with Crippen molar-refractivity contribution in [2.24, 2.45) is 5.73 Å². The summed E-state index contributed by atoms with van der Waals surface area (Å²) < 4.78 is 42.1. The molecule has 1 aromatic carbocycles. The van der Waals surface area contributed by atoms with Crippen molar-refractivity contribution in [2.45, 2.75) is 99.7 Å². The molecular weight excluding hydrogens is 481 g/mol. The van der Waals surface area contributed by atoms with Crippen molar-refractivity contribution >= 4 is 5.78 Å². The lowest BCUT2D eigenvalue weighted by Crippen LogP contribution is -2.15. The molecule has 8 heteroatoms. The fourth-order valence-electron chi connectivity index (χ4n) is 3.21. The monoisotopic (exact) mass is 530 g/mol. The minimum atomic E-state index is -2.84. The summed E-state index contributed by atoms with van der Waals surface area (Å²) >= 11 is 0. The summed E-state index contributed by atoms with van der Waals surface area (Å²) in [5, 5.41) is 9.43. The maximum Gasteiger partial charge on any atom is 0.387 e. The van der Waals surface area contributed by atoms with E-state index in [9.17, 15) is 23.1 Å². The zero-order valence-electron chi connectivity index (χ0n) is 24.6. The van der Waals surface area contributed by atoms with Gasteiger partial charge < -0.3 is 20.6 Å². The molecule has 0 fully saturated rings. The number of nitrogens with two attached hydrogens (primary N) is 1. The van der Waals surface area contributed by atoms with Gasteiger partial charge in [0, 0.05) is 17.8 Å². The van der Waals surface area contributed by atoms with Gasteiger partial charge in [-0.15, -0.1) is 13.2 Å². The third-order valence-corrected chi connectivity index (χ3v) is 4.80. The molecule has 0 atom stereocenters. The van der Waals surface area contributed by atoms with Crippen LogP contribution in [0.2, 0.25) is 0 Å². The first-order valence-corrected chi connectivity index (χ1v) is 12.4. The van der Waals surface area contributed by atoms with Crippen LogP contribution in [0.4, 0.5) is 13.2 Å². The van der Waals surface area contributed by atoms with Crippen LogP contribution < -0.4 is 10.5 Å². The van der Waals surface area contributed by atoms with Crippen LogP contribution in [-0.2, 0) is 16.8 Å². The van der Waals surface area contributed by atoms with Crippen LogP contribution in [0.1, 0.15) is 102 Å². The van der Waals surface area contributed by atoms with Gasteiger partial charge in [-0.3, -0.25) is 4.79 Å². The van der Waals surface area contributed by atoms with Gasteiger partial charge in [0.25, 0.3) is 0 Å². The van der Waals surface area contributed by atoms with Crippen molar-refractivity contribution < 1.29 is 27.8 Å². The number of aryl methyl sites for hydroxylation is 1. The number of Topliss-reactive ketones (excluding diaryl/α,β-unsaturated/α-hetero) is 1. The number of alkyl halides is 2. The molecule has 0 aliphatic heterocycles. The molecule has 0 saturated carbocycles. The van der Waals surface area contributed by atoms with E-state index in [1.165, 1.54) is 20.0 Å². The zero-order chi connectivity index (χ0) is 30.1. The Morgan fingerprint density at radius 3 is 1.68 bits per heavy atom. The van der Waals surface area contributed by atoms with Crippen molar-refractivity contribution in [1.82, 2.24) is 4.98 Å². The summed E-state index contributed by atoms with van der Waals surface area (Å²) in [4.78, 5) is 14.2. The van der Waals surface area contributed by atoms with Crippen LogP contribution >= 0.6 is 0 Å². The lowest BCUT2D eigenvalue weighted by atomic mass is 9.86. The molecule has 37 heavy (non-hydrogen) atoms. The largest absolute Gasteiger partial charge is 0.435 e. The maximum absolute atomic E-state index is 12.7. The van der Waals surface area contributed by atoms with Crippen molar-refractivity contribution in [1.29, 1.82) is 0 Å². The van der Waals surface area contributed by atoms with Crippen LogP contribution in [0, 0.1) is 12.7 Å². The van der Waals surface area contributed by atoms with E-state index in [2.05, 4.69) is 28.6 Å². The molecule has 1 heterocycles. The highest BCUT2D eigenvalue weighted by molar-refractivity contribution is 5.79. The number of benzene rings is 1. The predicted octanol–water partition coefficient (Wildman–Crippen LogP) is 7.76. The highest BCUT2D eigenvalue weighted by Crippen LogP contribution is 2.33. The third-order valence-electron chi connectivity index (χ3n) is 4.80. The summed E-state index contributed by atoms with van der Waals surface area (Å²) in [7, 11) is 1.50. The highest BCUT2D eigenvalue weighted by atomic mass is 19.3. The van der Waals surface area contributed by atoms with Gasteiger partial charge in [-0.2, -0.15) is 8.78 Å².